The van der Waals surface area contributed by atoms with Gasteiger partial charge in [-0.05, 0) is 43.1 Å². The van der Waals surface area contributed by atoms with E-state index >= 15 is 0 Å². The van der Waals surface area contributed by atoms with Gasteiger partial charge in [-0.25, -0.2) is 0 Å². The summed E-state index contributed by atoms with van der Waals surface area (Å²) in [4.78, 5) is 0. The van der Waals surface area contributed by atoms with E-state index in [9.17, 15) is 0 Å². The molecule has 2 aliphatic rings. The van der Waals surface area contributed by atoms with Crippen molar-refractivity contribution in [1.82, 2.24) is 0 Å². The Kier molecular flexibility index (Phi) is 3.61. The highest BCUT2D eigenvalue weighted by molar-refractivity contribution is 5.23. The van der Waals surface area contributed by atoms with Crippen LogP contribution in [0.25, 0.3) is 0 Å². The predicted molar refractivity (Wildman–Crippen MR) is 68.2 cm³/mol. The summed E-state index contributed by atoms with van der Waals surface area (Å²) >= 11 is 0. The molecule has 0 amide bonds. The lowest BCUT2D eigenvalue weighted by Gasteiger charge is -2.27. The number of hydrogen-bond acceptors (Lipinski definition) is 1. The molecule has 0 spiro atoms. The van der Waals surface area contributed by atoms with Gasteiger partial charge in [0.1, 0.15) is 0 Å². The average Bonchev–Trinajstić information content (AvgIpc) is 2.99. The van der Waals surface area contributed by atoms with E-state index in [0.29, 0.717) is 5.41 Å². The van der Waals surface area contributed by atoms with Gasteiger partial charge >= 0.3 is 0 Å². The van der Waals surface area contributed by atoms with Crippen LogP contribution in [0.15, 0.2) is 11.8 Å². The molecule has 92 valence electrons. The highest BCUT2D eigenvalue weighted by Crippen LogP contribution is 2.64. The molecule has 2 aliphatic carbocycles. The van der Waals surface area contributed by atoms with Crippen molar-refractivity contribution < 1.29 is 4.74 Å². The number of fused-ring (bicyclic) bond motifs is 1. The van der Waals surface area contributed by atoms with Crippen LogP contribution in [-0.4, -0.2) is 7.11 Å². The van der Waals surface area contributed by atoms with Crippen LogP contribution in [0.3, 0.4) is 0 Å². The van der Waals surface area contributed by atoms with Crippen LogP contribution in [0.5, 0.6) is 0 Å². The molecule has 1 heteroatoms. The van der Waals surface area contributed by atoms with Crippen molar-refractivity contribution in [1.29, 1.82) is 0 Å². The van der Waals surface area contributed by atoms with Gasteiger partial charge in [0.15, 0.2) is 0 Å². The van der Waals surface area contributed by atoms with Gasteiger partial charge in [-0.2, -0.15) is 0 Å². The van der Waals surface area contributed by atoms with Crippen molar-refractivity contribution in [3.05, 3.63) is 11.8 Å². The number of rotatable bonds is 6. The zero-order chi connectivity index (χ0) is 11.6. The minimum absolute atomic E-state index is 0.561. The summed E-state index contributed by atoms with van der Waals surface area (Å²) in [6.45, 7) is 4.57. The lowest BCUT2D eigenvalue weighted by atomic mass is 9.82. The van der Waals surface area contributed by atoms with E-state index in [1.54, 1.807) is 0 Å². The van der Waals surface area contributed by atoms with Gasteiger partial charge in [0, 0.05) is 5.92 Å². The van der Waals surface area contributed by atoms with E-state index in [4.69, 9.17) is 4.74 Å². The first-order valence-corrected chi connectivity index (χ1v) is 7.02. The molecule has 2 rings (SSSR count). The second-order valence-electron chi connectivity index (χ2n) is 5.71. The smallest absolute Gasteiger partial charge is 0.0952 e. The van der Waals surface area contributed by atoms with E-state index < -0.39 is 0 Å². The predicted octanol–water partition coefficient (Wildman–Crippen LogP) is 4.53. The standard InChI is InChI=1S/C15H26O/c1-4-6-8-15-10-13(15)9-12(7-5-2)14(11-15)16-3/h11-13H,4-10H2,1-3H3/t12-,13+,15+/m1/s1. The molecule has 0 aromatic heterocycles. The molecular formula is C15H26O. The SMILES string of the molecule is CCCC[C@]12C=C(OC)[C@H](CCC)C[C@H]1C2. The molecule has 1 fully saturated rings. The monoisotopic (exact) mass is 222 g/mol. The number of ether oxygens (including phenoxy) is 1. The zero-order valence-electron chi connectivity index (χ0n) is 11.1. The summed E-state index contributed by atoms with van der Waals surface area (Å²) < 4.78 is 5.62. The van der Waals surface area contributed by atoms with E-state index in [2.05, 4.69) is 19.9 Å². The molecule has 0 aromatic rings. The Labute approximate surface area is 100 Å². The molecule has 3 atom stereocenters. The third kappa shape index (κ3) is 2.14. The molecule has 0 heterocycles. The third-order valence-electron chi connectivity index (χ3n) is 4.55. The highest BCUT2D eigenvalue weighted by atomic mass is 16.5. The van der Waals surface area contributed by atoms with E-state index in [1.807, 2.05) is 7.11 Å². The summed E-state index contributed by atoms with van der Waals surface area (Å²) in [7, 11) is 1.85. The largest absolute Gasteiger partial charge is 0.501 e. The maximum Gasteiger partial charge on any atom is 0.0952 e. The van der Waals surface area contributed by atoms with Crippen LogP contribution in [0, 0.1) is 17.3 Å². The Balaban J connectivity index is 2.03. The van der Waals surface area contributed by atoms with E-state index in [0.717, 1.165) is 11.8 Å². The Morgan fingerprint density at radius 1 is 1.38 bits per heavy atom. The normalized spacial score (nSPS) is 36.6. The zero-order valence-corrected chi connectivity index (χ0v) is 11.1. The fourth-order valence-electron chi connectivity index (χ4n) is 3.47. The van der Waals surface area contributed by atoms with E-state index in [1.165, 1.54) is 50.7 Å². The quantitative estimate of drug-likeness (QED) is 0.641. The minimum atomic E-state index is 0.561. The molecular weight excluding hydrogens is 196 g/mol. The number of methoxy groups -OCH3 is 1. The van der Waals surface area contributed by atoms with Crippen LogP contribution in [-0.2, 0) is 4.74 Å². The van der Waals surface area contributed by atoms with Crippen LogP contribution in [0.4, 0.5) is 0 Å². The highest BCUT2D eigenvalue weighted by Gasteiger charge is 2.55. The van der Waals surface area contributed by atoms with Crippen molar-refractivity contribution in [2.75, 3.05) is 7.11 Å². The van der Waals surface area contributed by atoms with Crippen LogP contribution < -0.4 is 0 Å². The van der Waals surface area contributed by atoms with Gasteiger partial charge in [0.05, 0.1) is 12.9 Å². The van der Waals surface area contributed by atoms with Crippen molar-refractivity contribution in [3.8, 4) is 0 Å². The molecule has 0 N–H and O–H groups in total. The first-order chi connectivity index (χ1) is 7.75. The maximum absolute atomic E-state index is 5.62. The summed E-state index contributed by atoms with van der Waals surface area (Å²) in [5.41, 5.74) is 0.561. The summed E-state index contributed by atoms with van der Waals surface area (Å²) in [5, 5.41) is 0. The van der Waals surface area contributed by atoms with Gasteiger partial charge in [-0.15, -0.1) is 0 Å². The van der Waals surface area contributed by atoms with Crippen molar-refractivity contribution in [3.63, 3.8) is 0 Å². The molecule has 1 saturated carbocycles. The van der Waals surface area contributed by atoms with Crippen molar-refractivity contribution in [2.45, 2.75) is 58.8 Å². The molecule has 0 bridgehead atoms. The van der Waals surface area contributed by atoms with E-state index in [-0.39, 0.29) is 0 Å². The molecule has 0 aromatic carbocycles. The Hall–Kier alpha value is -0.460. The minimum Gasteiger partial charge on any atom is -0.501 e. The molecule has 0 unspecified atom stereocenters. The topological polar surface area (TPSA) is 9.23 Å². The first-order valence-electron chi connectivity index (χ1n) is 7.02. The van der Waals surface area contributed by atoms with Gasteiger partial charge in [-0.1, -0.05) is 33.1 Å². The maximum atomic E-state index is 5.62. The molecule has 0 radical (unpaired) electrons. The number of allylic oxidation sites excluding steroid dienone is 2. The average molecular weight is 222 g/mol. The summed E-state index contributed by atoms with van der Waals surface area (Å²) in [5.74, 6) is 3.00. The lowest BCUT2D eigenvalue weighted by Crippen LogP contribution is -2.17. The van der Waals surface area contributed by atoms with Crippen LogP contribution in [0.2, 0.25) is 0 Å². The fourth-order valence-corrected chi connectivity index (χ4v) is 3.47. The third-order valence-corrected chi connectivity index (χ3v) is 4.55. The molecule has 0 aliphatic heterocycles. The first kappa shape index (κ1) is 12.0. The Bertz CT molecular complexity index is 269. The second-order valence-corrected chi connectivity index (χ2v) is 5.71. The molecule has 1 nitrogen and oxygen atoms in total. The molecule has 16 heavy (non-hydrogen) atoms. The molecule has 0 saturated heterocycles. The van der Waals surface area contributed by atoms with Crippen LogP contribution in [0.1, 0.15) is 58.8 Å². The van der Waals surface area contributed by atoms with Crippen molar-refractivity contribution >= 4 is 0 Å². The van der Waals surface area contributed by atoms with Gasteiger partial charge in [0.25, 0.3) is 0 Å². The Morgan fingerprint density at radius 2 is 2.19 bits per heavy atom. The van der Waals surface area contributed by atoms with Crippen molar-refractivity contribution in [2.24, 2.45) is 17.3 Å². The number of hydrogen-bond donors (Lipinski definition) is 0. The second kappa shape index (κ2) is 4.81. The summed E-state index contributed by atoms with van der Waals surface area (Å²) in [6.07, 6.45) is 12.0. The van der Waals surface area contributed by atoms with Gasteiger partial charge in [0.2, 0.25) is 0 Å². The lowest BCUT2D eigenvalue weighted by molar-refractivity contribution is 0.201. The van der Waals surface area contributed by atoms with Gasteiger partial charge in [-0.3, -0.25) is 0 Å². The van der Waals surface area contributed by atoms with Gasteiger partial charge < -0.3 is 4.74 Å². The summed E-state index contributed by atoms with van der Waals surface area (Å²) in [6, 6.07) is 0. The Morgan fingerprint density at radius 3 is 2.81 bits per heavy atom. The fraction of sp³-hybridized carbons (Fsp3) is 0.867. The van der Waals surface area contributed by atoms with Crippen LogP contribution >= 0.6 is 0 Å². The number of unbranched alkanes of at least 4 members (excludes halogenated alkanes) is 1.